The molecule has 2 atom stereocenters. The van der Waals surface area contributed by atoms with Crippen LogP contribution in [0.4, 0.5) is 0 Å². The first-order valence-corrected chi connectivity index (χ1v) is 11.9. The van der Waals surface area contributed by atoms with Crippen molar-refractivity contribution >= 4 is 11.8 Å². The Labute approximate surface area is 190 Å². The van der Waals surface area contributed by atoms with Gasteiger partial charge in [0.15, 0.2) is 0 Å². The quantitative estimate of drug-likeness (QED) is 0.776. The van der Waals surface area contributed by atoms with Crippen LogP contribution in [-0.2, 0) is 16.0 Å². The van der Waals surface area contributed by atoms with Gasteiger partial charge in [-0.25, -0.2) is 0 Å². The fourth-order valence-corrected chi connectivity index (χ4v) is 5.84. The minimum atomic E-state index is -0.289. The number of carbonyl (C=O) groups is 2. The van der Waals surface area contributed by atoms with Crippen LogP contribution in [0.15, 0.2) is 48.5 Å². The first-order chi connectivity index (χ1) is 15.5. The number of carbonyl (C=O) groups excluding carboxylic acids is 2. The summed E-state index contributed by atoms with van der Waals surface area (Å²) in [6.07, 6.45) is 6.12. The van der Waals surface area contributed by atoms with Crippen LogP contribution < -0.4 is 10.1 Å². The lowest BCUT2D eigenvalue weighted by molar-refractivity contribution is -0.132. The van der Waals surface area contributed by atoms with E-state index in [0.29, 0.717) is 6.42 Å². The van der Waals surface area contributed by atoms with Gasteiger partial charge in [-0.1, -0.05) is 42.5 Å². The molecule has 3 aliphatic rings. The third-order valence-corrected chi connectivity index (χ3v) is 7.56. The molecule has 5 heteroatoms. The van der Waals surface area contributed by atoms with E-state index in [1.807, 2.05) is 23.1 Å². The van der Waals surface area contributed by atoms with Crippen molar-refractivity contribution in [1.82, 2.24) is 10.2 Å². The van der Waals surface area contributed by atoms with Crippen molar-refractivity contribution in [3.63, 3.8) is 0 Å². The number of likely N-dealkylation sites (tertiary alicyclic amines) is 1. The fraction of sp³-hybridized carbons (Fsp3) is 0.481. The van der Waals surface area contributed by atoms with Crippen LogP contribution in [0, 0.1) is 0 Å². The Balaban J connectivity index is 1.32. The topological polar surface area (TPSA) is 58.6 Å². The summed E-state index contributed by atoms with van der Waals surface area (Å²) in [5.41, 5.74) is 3.47. The van der Waals surface area contributed by atoms with Crippen LogP contribution >= 0.6 is 0 Å². The highest BCUT2D eigenvalue weighted by Gasteiger charge is 2.44. The number of piperidine rings is 1. The van der Waals surface area contributed by atoms with Gasteiger partial charge in [0.25, 0.3) is 0 Å². The van der Waals surface area contributed by atoms with E-state index in [1.165, 1.54) is 11.1 Å². The maximum absolute atomic E-state index is 13.2. The van der Waals surface area contributed by atoms with E-state index in [-0.39, 0.29) is 29.4 Å². The second-order valence-electron chi connectivity index (χ2n) is 9.65. The molecule has 2 aromatic rings. The Morgan fingerprint density at radius 1 is 1.06 bits per heavy atom. The highest BCUT2D eigenvalue weighted by Crippen LogP contribution is 2.46. The Kier molecular flexibility index (Phi) is 5.66. The summed E-state index contributed by atoms with van der Waals surface area (Å²) < 4.78 is 6.53. The first-order valence-electron chi connectivity index (χ1n) is 11.9. The van der Waals surface area contributed by atoms with E-state index in [2.05, 4.69) is 35.6 Å². The molecule has 168 valence electrons. The average Bonchev–Trinajstić information content (AvgIpc) is 2.79. The number of rotatable bonds is 3. The number of aryl methyl sites for hydroxylation is 1. The highest BCUT2D eigenvalue weighted by molar-refractivity contribution is 5.78. The van der Waals surface area contributed by atoms with Crippen LogP contribution in [0.25, 0.3) is 0 Å². The zero-order valence-electron chi connectivity index (χ0n) is 18.8. The van der Waals surface area contributed by atoms with E-state index in [4.69, 9.17) is 4.74 Å². The summed E-state index contributed by atoms with van der Waals surface area (Å²) >= 11 is 0. The van der Waals surface area contributed by atoms with Crippen LogP contribution in [0.1, 0.15) is 74.1 Å². The molecule has 1 fully saturated rings. The molecule has 1 spiro atoms. The summed E-state index contributed by atoms with van der Waals surface area (Å²) in [7, 11) is 0. The van der Waals surface area contributed by atoms with Crippen molar-refractivity contribution in [1.29, 1.82) is 0 Å². The number of amides is 2. The number of hydrogen-bond acceptors (Lipinski definition) is 3. The molecular weight excluding hydrogens is 400 g/mol. The summed E-state index contributed by atoms with van der Waals surface area (Å²) in [4.78, 5) is 26.9. The number of benzene rings is 2. The van der Waals surface area contributed by atoms with Crippen LogP contribution in [0.5, 0.6) is 5.75 Å². The lowest BCUT2D eigenvalue weighted by Gasteiger charge is -2.46. The van der Waals surface area contributed by atoms with Gasteiger partial charge in [-0.3, -0.25) is 9.59 Å². The molecule has 0 aromatic heterocycles. The van der Waals surface area contributed by atoms with Gasteiger partial charge in [0.1, 0.15) is 11.4 Å². The van der Waals surface area contributed by atoms with E-state index in [1.54, 1.807) is 6.92 Å². The van der Waals surface area contributed by atoms with Crippen LogP contribution in [-0.4, -0.2) is 35.4 Å². The molecule has 32 heavy (non-hydrogen) atoms. The van der Waals surface area contributed by atoms with Crippen molar-refractivity contribution in [2.45, 2.75) is 69.4 Å². The van der Waals surface area contributed by atoms with E-state index in [9.17, 15) is 9.59 Å². The summed E-state index contributed by atoms with van der Waals surface area (Å²) in [5, 5.41) is 3.33. The van der Waals surface area contributed by atoms with Crippen molar-refractivity contribution < 1.29 is 14.3 Å². The third kappa shape index (κ3) is 4.13. The number of nitrogens with zero attached hydrogens (tertiary/aromatic N) is 1. The number of nitrogens with one attached hydrogen (secondary N) is 1. The Morgan fingerprint density at radius 3 is 2.56 bits per heavy atom. The van der Waals surface area contributed by atoms with Gasteiger partial charge < -0.3 is 15.0 Å². The van der Waals surface area contributed by atoms with Crippen molar-refractivity contribution in [2.24, 2.45) is 0 Å². The molecule has 5 nitrogen and oxygen atoms in total. The molecule has 2 amide bonds. The standard InChI is InChI=1S/C27H32N2O3/c1-19(30)29-15-13-27(14-16-29)18-21(23-10-4-5-12-25(23)32-27)17-26(31)28-24-11-6-8-20-7-2-3-9-22(20)24/h2-5,7,9-10,12,21,24H,6,8,11,13-18H2,1H3,(H,28,31). The van der Waals surface area contributed by atoms with Crippen LogP contribution in [0.3, 0.4) is 0 Å². The molecule has 1 N–H and O–H groups in total. The zero-order chi connectivity index (χ0) is 22.1. The molecule has 1 aliphatic carbocycles. The van der Waals surface area contributed by atoms with Crippen molar-refractivity contribution in [3.8, 4) is 5.75 Å². The second kappa shape index (κ2) is 8.61. The highest BCUT2D eigenvalue weighted by atomic mass is 16.5. The fourth-order valence-electron chi connectivity index (χ4n) is 5.84. The van der Waals surface area contributed by atoms with E-state index in [0.717, 1.165) is 62.9 Å². The largest absolute Gasteiger partial charge is 0.487 e. The number of ether oxygens (including phenoxy) is 1. The third-order valence-electron chi connectivity index (χ3n) is 7.56. The predicted molar refractivity (Wildman–Crippen MR) is 124 cm³/mol. The Morgan fingerprint density at radius 2 is 1.78 bits per heavy atom. The molecular formula is C27H32N2O3. The number of hydrogen-bond donors (Lipinski definition) is 1. The monoisotopic (exact) mass is 432 g/mol. The van der Waals surface area contributed by atoms with Crippen molar-refractivity contribution in [3.05, 3.63) is 65.2 Å². The smallest absolute Gasteiger partial charge is 0.221 e. The van der Waals surface area contributed by atoms with Gasteiger partial charge in [0.2, 0.25) is 11.8 Å². The zero-order valence-corrected chi connectivity index (χ0v) is 18.8. The molecule has 0 saturated carbocycles. The second-order valence-corrected chi connectivity index (χ2v) is 9.65. The SMILES string of the molecule is CC(=O)N1CCC2(CC1)CC(CC(=O)NC1CCCc3ccccc31)c1ccccc1O2. The molecule has 2 aliphatic heterocycles. The maximum atomic E-state index is 13.2. The van der Waals surface area contributed by atoms with Gasteiger partial charge in [-0.15, -0.1) is 0 Å². The number of para-hydroxylation sites is 1. The molecule has 0 radical (unpaired) electrons. The van der Waals surface area contributed by atoms with Gasteiger partial charge in [0.05, 0.1) is 6.04 Å². The van der Waals surface area contributed by atoms with Gasteiger partial charge in [-0.2, -0.15) is 0 Å². The van der Waals surface area contributed by atoms with Gasteiger partial charge in [0, 0.05) is 45.2 Å². The lowest BCUT2D eigenvalue weighted by Crippen LogP contribution is -2.51. The van der Waals surface area contributed by atoms with Crippen LogP contribution in [0.2, 0.25) is 0 Å². The summed E-state index contributed by atoms with van der Waals surface area (Å²) in [5.74, 6) is 1.27. The van der Waals surface area contributed by atoms with E-state index < -0.39 is 0 Å². The molecule has 0 bridgehead atoms. The Hall–Kier alpha value is -2.82. The molecule has 1 saturated heterocycles. The number of fused-ring (bicyclic) bond motifs is 2. The maximum Gasteiger partial charge on any atom is 0.221 e. The summed E-state index contributed by atoms with van der Waals surface area (Å²) in [6.45, 7) is 3.07. The minimum absolute atomic E-state index is 0.107. The first kappa shape index (κ1) is 21.0. The lowest BCUT2D eigenvalue weighted by atomic mass is 9.76. The summed E-state index contributed by atoms with van der Waals surface area (Å²) in [6, 6.07) is 16.7. The van der Waals surface area contributed by atoms with Crippen molar-refractivity contribution in [2.75, 3.05) is 13.1 Å². The normalized spacial score (nSPS) is 23.6. The van der Waals surface area contributed by atoms with E-state index >= 15 is 0 Å². The van der Waals surface area contributed by atoms with Gasteiger partial charge in [-0.05, 0) is 48.4 Å². The minimum Gasteiger partial charge on any atom is -0.487 e. The average molecular weight is 433 g/mol. The predicted octanol–water partition coefficient (Wildman–Crippen LogP) is 4.52. The Bertz CT molecular complexity index is 1010. The molecule has 5 rings (SSSR count). The molecule has 2 aromatic carbocycles. The molecule has 2 unspecified atom stereocenters. The van der Waals surface area contributed by atoms with Gasteiger partial charge >= 0.3 is 0 Å². The molecule has 2 heterocycles.